The van der Waals surface area contributed by atoms with Crippen molar-refractivity contribution in [3.8, 4) is 16.2 Å². The summed E-state index contributed by atoms with van der Waals surface area (Å²) in [5.74, 6) is -1.04. The fraction of sp³-hybridized carbons (Fsp3) is 0.400. The Morgan fingerprint density at radius 3 is 2.26 bits per heavy atom. The van der Waals surface area contributed by atoms with Gasteiger partial charge in [0.15, 0.2) is 0 Å². The van der Waals surface area contributed by atoms with Crippen molar-refractivity contribution in [3.05, 3.63) is 71.1 Å². The Morgan fingerprint density at radius 1 is 0.884 bits per heavy atom. The normalized spacial score (nSPS) is 15.0. The van der Waals surface area contributed by atoms with Gasteiger partial charge in [0.1, 0.15) is 11.8 Å². The Labute approximate surface area is 248 Å². The van der Waals surface area contributed by atoms with Crippen LogP contribution < -0.4 is 20.7 Å². The standard InChI is InChI=1S/C30H31F6N3O3S/c31-29(32,33)23-9-5-4-8-22(23)25-14-15-26(43-25)28(41)39-24(18-19-6-2-1-3-7-19)27(40)38-17-16-37-20-10-12-21(13-11-20)42-30(34,35)36/h4-5,8-15,19,24,37H,1-3,6-7,16-18H2,(H,38,40)(H,39,41)/t24-/m0/s1. The summed E-state index contributed by atoms with van der Waals surface area (Å²) in [5, 5.41) is 8.56. The number of carbonyl (C=O) groups is 2. The predicted octanol–water partition coefficient (Wildman–Crippen LogP) is 7.63. The van der Waals surface area contributed by atoms with Gasteiger partial charge in [0.25, 0.3) is 5.91 Å². The molecule has 43 heavy (non-hydrogen) atoms. The molecule has 232 valence electrons. The van der Waals surface area contributed by atoms with Crippen LogP contribution in [0.3, 0.4) is 0 Å². The molecule has 1 aliphatic rings. The highest BCUT2D eigenvalue weighted by Crippen LogP contribution is 2.39. The molecule has 1 fully saturated rings. The number of nitrogens with one attached hydrogen (secondary N) is 3. The van der Waals surface area contributed by atoms with Crippen LogP contribution in [-0.4, -0.2) is 37.3 Å². The number of anilines is 1. The average molecular weight is 628 g/mol. The summed E-state index contributed by atoms with van der Waals surface area (Å²) in [5.41, 5.74) is -0.292. The number of rotatable bonds is 11. The van der Waals surface area contributed by atoms with E-state index in [1.807, 2.05) is 0 Å². The molecule has 1 aliphatic carbocycles. The van der Waals surface area contributed by atoms with E-state index < -0.39 is 36.0 Å². The van der Waals surface area contributed by atoms with Crippen LogP contribution in [0.5, 0.6) is 5.75 Å². The highest BCUT2D eigenvalue weighted by atomic mass is 32.1. The number of hydrogen-bond acceptors (Lipinski definition) is 5. The average Bonchev–Trinajstić information content (AvgIpc) is 3.46. The van der Waals surface area contributed by atoms with Crippen molar-refractivity contribution < 1.29 is 40.7 Å². The van der Waals surface area contributed by atoms with Crippen molar-refractivity contribution in [2.45, 2.75) is 57.1 Å². The molecule has 0 spiro atoms. The summed E-state index contributed by atoms with van der Waals surface area (Å²) in [6, 6.07) is 12.4. The van der Waals surface area contributed by atoms with Gasteiger partial charge in [-0.15, -0.1) is 24.5 Å². The molecule has 2 aromatic carbocycles. The van der Waals surface area contributed by atoms with E-state index in [0.717, 1.165) is 49.5 Å². The van der Waals surface area contributed by atoms with E-state index in [-0.39, 0.29) is 40.1 Å². The number of ether oxygens (including phenoxy) is 1. The first-order chi connectivity index (χ1) is 20.4. The minimum Gasteiger partial charge on any atom is -0.406 e. The monoisotopic (exact) mass is 627 g/mol. The molecule has 0 radical (unpaired) electrons. The zero-order valence-corrected chi connectivity index (χ0v) is 23.8. The van der Waals surface area contributed by atoms with Crippen molar-refractivity contribution in [2.24, 2.45) is 5.92 Å². The maximum Gasteiger partial charge on any atom is 0.573 e. The topological polar surface area (TPSA) is 79.5 Å². The Bertz CT molecular complexity index is 1370. The third-order valence-corrected chi connectivity index (χ3v) is 8.20. The molecular weight excluding hydrogens is 596 g/mol. The van der Waals surface area contributed by atoms with E-state index >= 15 is 0 Å². The fourth-order valence-corrected chi connectivity index (χ4v) is 6.01. The molecule has 0 saturated heterocycles. The van der Waals surface area contributed by atoms with Gasteiger partial charge in [-0.1, -0.05) is 50.3 Å². The summed E-state index contributed by atoms with van der Waals surface area (Å²) in [4.78, 5) is 26.8. The van der Waals surface area contributed by atoms with Gasteiger partial charge in [-0.05, 0) is 54.8 Å². The van der Waals surface area contributed by atoms with Gasteiger partial charge in [0, 0.05) is 29.2 Å². The summed E-state index contributed by atoms with van der Waals surface area (Å²) < 4.78 is 81.4. The molecule has 2 amide bonds. The maximum atomic E-state index is 13.5. The molecule has 0 unspecified atom stereocenters. The van der Waals surface area contributed by atoms with E-state index in [9.17, 15) is 35.9 Å². The number of carbonyl (C=O) groups excluding carboxylic acids is 2. The van der Waals surface area contributed by atoms with Gasteiger partial charge < -0.3 is 20.7 Å². The zero-order valence-electron chi connectivity index (χ0n) is 23.0. The molecule has 0 aliphatic heterocycles. The van der Waals surface area contributed by atoms with Crippen LogP contribution in [0.15, 0.2) is 60.7 Å². The number of amides is 2. The second-order valence-electron chi connectivity index (χ2n) is 10.3. The van der Waals surface area contributed by atoms with Gasteiger partial charge in [0.2, 0.25) is 5.91 Å². The van der Waals surface area contributed by atoms with E-state index in [2.05, 4.69) is 20.7 Å². The van der Waals surface area contributed by atoms with Gasteiger partial charge >= 0.3 is 12.5 Å². The van der Waals surface area contributed by atoms with Crippen molar-refractivity contribution >= 4 is 28.8 Å². The third-order valence-electron chi connectivity index (χ3n) is 7.08. The first-order valence-electron chi connectivity index (χ1n) is 13.8. The maximum absolute atomic E-state index is 13.5. The van der Waals surface area contributed by atoms with Crippen LogP contribution in [0.2, 0.25) is 0 Å². The van der Waals surface area contributed by atoms with E-state index in [1.165, 1.54) is 54.6 Å². The van der Waals surface area contributed by atoms with Crippen LogP contribution in [0, 0.1) is 5.92 Å². The van der Waals surface area contributed by atoms with Crippen molar-refractivity contribution in [3.63, 3.8) is 0 Å². The Morgan fingerprint density at radius 2 is 1.58 bits per heavy atom. The highest BCUT2D eigenvalue weighted by Gasteiger charge is 2.34. The molecule has 1 atom stereocenters. The van der Waals surface area contributed by atoms with E-state index in [4.69, 9.17) is 0 Å². The predicted molar refractivity (Wildman–Crippen MR) is 152 cm³/mol. The summed E-state index contributed by atoms with van der Waals surface area (Å²) in [7, 11) is 0. The Kier molecular flexibility index (Phi) is 10.6. The lowest BCUT2D eigenvalue weighted by atomic mass is 9.84. The molecule has 0 bridgehead atoms. The minimum atomic E-state index is -4.78. The first-order valence-corrected chi connectivity index (χ1v) is 14.7. The molecule has 1 heterocycles. The van der Waals surface area contributed by atoms with Crippen molar-refractivity contribution in [2.75, 3.05) is 18.4 Å². The SMILES string of the molecule is O=C(N[C@@H](CC1CCCCC1)C(=O)NCCNc1ccc(OC(F)(F)F)cc1)c1ccc(-c2ccccc2C(F)(F)F)s1. The summed E-state index contributed by atoms with van der Waals surface area (Å²) in [6.07, 6.45) is -3.83. The molecule has 1 aromatic heterocycles. The van der Waals surface area contributed by atoms with Crippen molar-refractivity contribution in [1.29, 1.82) is 0 Å². The molecule has 3 N–H and O–H groups in total. The van der Waals surface area contributed by atoms with Crippen molar-refractivity contribution in [1.82, 2.24) is 10.6 Å². The lowest BCUT2D eigenvalue weighted by Crippen LogP contribution is -2.48. The largest absolute Gasteiger partial charge is 0.573 e. The Balaban J connectivity index is 1.37. The number of hydrogen-bond donors (Lipinski definition) is 3. The fourth-order valence-electron chi connectivity index (χ4n) is 5.06. The zero-order chi connectivity index (χ0) is 31.0. The van der Waals surface area contributed by atoms with Crippen LogP contribution in [0.4, 0.5) is 32.0 Å². The van der Waals surface area contributed by atoms with Gasteiger partial charge in [-0.2, -0.15) is 13.2 Å². The molecular formula is C30H31F6N3O3S. The molecule has 6 nitrogen and oxygen atoms in total. The number of thiophene rings is 1. The number of alkyl halides is 6. The lowest BCUT2D eigenvalue weighted by molar-refractivity contribution is -0.274. The minimum absolute atomic E-state index is 0.0226. The smallest absolute Gasteiger partial charge is 0.406 e. The number of halogens is 6. The van der Waals surface area contributed by atoms with Crippen LogP contribution in [-0.2, 0) is 11.0 Å². The van der Waals surface area contributed by atoms with E-state index in [0.29, 0.717) is 12.1 Å². The molecule has 1 saturated carbocycles. The van der Waals surface area contributed by atoms with Crippen LogP contribution in [0.25, 0.3) is 10.4 Å². The Hall–Kier alpha value is -3.74. The molecule has 3 aromatic rings. The first kappa shape index (κ1) is 32.2. The summed E-state index contributed by atoms with van der Waals surface area (Å²) >= 11 is 0.922. The van der Waals surface area contributed by atoms with Gasteiger partial charge in [0.05, 0.1) is 10.4 Å². The van der Waals surface area contributed by atoms with Gasteiger partial charge in [-0.3, -0.25) is 9.59 Å². The van der Waals surface area contributed by atoms with Gasteiger partial charge in [-0.25, -0.2) is 0 Å². The third kappa shape index (κ3) is 9.63. The quantitative estimate of drug-likeness (QED) is 0.151. The number of benzene rings is 2. The second-order valence-corrected chi connectivity index (χ2v) is 11.3. The second kappa shape index (κ2) is 14.2. The highest BCUT2D eigenvalue weighted by molar-refractivity contribution is 7.17. The summed E-state index contributed by atoms with van der Waals surface area (Å²) in [6.45, 7) is 0.441. The van der Waals surface area contributed by atoms with E-state index in [1.54, 1.807) is 0 Å². The molecule has 13 heteroatoms. The molecule has 4 rings (SSSR count). The lowest BCUT2D eigenvalue weighted by Gasteiger charge is -2.26. The van der Waals surface area contributed by atoms with Crippen LogP contribution >= 0.6 is 11.3 Å². The van der Waals surface area contributed by atoms with Crippen LogP contribution in [0.1, 0.15) is 53.8 Å².